The van der Waals surface area contributed by atoms with Crippen LogP contribution in [-0.2, 0) is 5.75 Å². The number of carbonyl (C=O) groups is 1. The Bertz CT molecular complexity index is 1150. The number of ether oxygens (including phenoxy) is 1. The van der Waals surface area contributed by atoms with Gasteiger partial charge in [-0.15, -0.1) is 11.8 Å². The number of hydrogen-bond donors (Lipinski definition) is 1. The molecule has 0 unspecified atom stereocenters. The smallest absolute Gasteiger partial charge is 0.335 e. The van der Waals surface area contributed by atoms with Gasteiger partial charge in [0.1, 0.15) is 22.7 Å². The number of aromatic nitrogens is 1. The molecule has 0 aliphatic heterocycles. The minimum atomic E-state index is -1.00. The van der Waals surface area contributed by atoms with Crippen molar-refractivity contribution in [2.75, 3.05) is 7.11 Å². The molecule has 0 spiro atoms. The van der Waals surface area contributed by atoms with E-state index in [2.05, 4.69) is 17.1 Å². The first-order valence-corrected chi connectivity index (χ1v) is 9.50. The molecule has 6 nitrogen and oxygen atoms in total. The van der Waals surface area contributed by atoms with Crippen LogP contribution in [0.2, 0.25) is 0 Å². The molecule has 3 rings (SSSR count). The second-order valence-corrected chi connectivity index (χ2v) is 6.90. The first-order chi connectivity index (χ1) is 14.1. The molecule has 29 heavy (non-hydrogen) atoms. The molecule has 0 aliphatic rings. The quantitative estimate of drug-likeness (QED) is 0.606. The predicted molar refractivity (Wildman–Crippen MR) is 109 cm³/mol. The highest BCUT2D eigenvalue weighted by atomic mass is 32.2. The topological polar surface area (TPSA) is 107 Å². The van der Waals surface area contributed by atoms with Crippen LogP contribution in [0.4, 0.5) is 0 Å². The Morgan fingerprint density at radius 3 is 2.45 bits per heavy atom. The van der Waals surface area contributed by atoms with Crippen molar-refractivity contribution < 1.29 is 14.6 Å². The summed E-state index contributed by atoms with van der Waals surface area (Å²) in [6.07, 6.45) is 0. The average Bonchev–Trinajstić information content (AvgIpc) is 2.77. The predicted octanol–water partition coefficient (Wildman–Crippen LogP) is 4.49. The van der Waals surface area contributed by atoms with Crippen LogP contribution in [0.15, 0.2) is 59.6 Å². The van der Waals surface area contributed by atoms with Crippen LogP contribution in [0.5, 0.6) is 5.88 Å². The van der Waals surface area contributed by atoms with Crippen molar-refractivity contribution in [3.63, 3.8) is 0 Å². The summed E-state index contributed by atoms with van der Waals surface area (Å²) in [7, 11) is 1.43. The van der Waals surface area contributed by atoms with Gasteiger partial charge in [0.2, 0.25) is 5.88 Å². The zero-order valence-corrected chi connectivity index (χ0v) is 16.2. The van der Waals surface area contributed by atoms with Gasteiger partial charge in [0.05, 0.1) is 18.2 Å². The van der Waals surface area contributed by atoms with E-state index >= 15 is 0 Å². The molecular weight excluding hydrogens is 386 g/mol. The lowest BCUT2D eigenvalue weighted by atomic mass is 9.97. The zero-order valence-electron chi connectivity index (χ0n) is 15.4. The third-order valence-electron chi connectivity index (χ3n) is 4.16. The van der Waals surface area contributed by atoms with Crippen LogP contribution in [-0.4, -0.2) is 23.2 Å². The van der Waals surface area contributed by atoms with E-state index in [4.69, 9.17) is 9.84 Å². The molecule has 7 heteroatoms. The number of nitrogens with zero attached hydrogens (tertiary/aromatic N) is 3. The molecular formula is C22H15N3O3S. The van der Waals surface area contributed by atoms with Crippen molar-refractivity contribution >= 4 is 17.7 Å². The lowest BCUT2D eigenvalue weighted by Crippen LogP contribution is -2.02. The zero-order chi connectivity index (χ0) is 20.8. The normalized spacial score (nSPS) is 10.0. The molecule has 0 amide bonds. The molecule has 1 aromatic heterocycles. The van der Waals surface area contributed by atoms with Crippen LogP contribution in [0.25, 0.3) is 11.1 Å². The van der Waals surface area contributed by atoms with E-state index in [0.29, 0.717) is 16.3 Å². The van der Waals surface area contributed by atoms with E-state index in [0.717, 1.165) is 11.1 Å². The molecule has 0 bridgehead atoms. The molecule has 0 saturated heterocycles. The van der Waals surface area contributed by atoms with Crippen molar-refractivity contribution in [2.24, 2.45) is 0 Å². The lowest BCUT2D eigenvalue weighted by Gasteiger charge is -2.14. The molecule has 0 aliphatic carbocycles. The summed E-state index contributed by atoms with van der Waals surface area (Å²) in [5, 5.41) is 29.1. The molecule has 1 N–H and O–H groups in total. The van der Waals surface area contributed by atoms with Crippen molar-refractivity contribution in [2.45, 2.75) is 10.8 Å². The highest BCUT2D eigenvalue weighted by Crippen LogP contribution is 2.38. The van der Waals surface area contributed by atoms with Gasteiger partial charge in [0, 0.05) is 11.3 Å². The Kier molecular flexibility index (Phi) is 6.13. The van der Waals surface area contributed by atoms with Gasteiger partial charge >= 0.3 is 5.97 Å². The number of rotatable bonds is 6. The van der Waals surface area contributed by atoms with Crippen molar-refractivity contribution in [1.29, 1.82) is 10.5 Å². The Morgan fingerprint density at radius 2 is 1.83 bits per heavy atom. The Labute approximate surface area is 172 Å². The SMILES string of the molecule is COc1nc(SCc2cccc(C(=O)O)c2)c(C#N)c(-c2ccccc2)c1C#N. The highest BCUT2D eigenvalue weighted by molar-refractivity contribution is 7.98. The van der Waals surface area contributed by atoms with Crippen LogP contribution in [0, 0.1) is 22.7 Å². The maximum atomic E-state index is 11.2. The van der Waals surface area contributed by atoms with Gasteiger partial charge in [0.25, 0.3) is 0 Å². The molecule has 1 heterocycles. The second kappa shape index (κ2) is 8.92. The van der Waals surface area contributed by atoms with Gasteiger partial charge < -0.3 is 9.84 Å². The summed E-state index contributed by atoms with van der Waals surface area (Å²) in [5.74, 6) is -0.447. The van der Waals surface area contributed by atoms with E-state index in [1.54, 1.807) is 12.1 Å². The Balaban J connectivity index is 2.08. The van der Waals surface area contributed by atoms with Crippen molar-refractivity contribution in [1.82, 2.24) is 4.98 Å². The monoisotopic (exact) mass is 401 g/mol. The average molecular weight is 401 g/mol. The molecule has 2 aromatic carbocycles. The van der Waals surface area contributed by atoms with Gasteiger partial charge in [0.15, 0.2) is 0 Å². The van der Waals surface area contributed by atoms with E-state index in [-0.39, 0.29) is 22.6 Å². The van der Waals surface area contributed by atoms with Crippen LogP contribution in [0.1, 0.15) is 27.0 Å². The summed E-state index contributed by atoms with van der Waals surface area (Å²) in [6.45, 7) is 0. The maximum Gasteiger partial charge on any atom is 0.335 e. The van der Waals surface area contributed by atoms with Gasteiger partial charge in [-0.3, -0.25) is 0 Å². The summed E-state index contributed by atoms with van der Waals surface area (Å²) in [6, 6.07) is 20.0. The van der Waals surface area contributed by atoms with E-state index < -0.39 is 5.97 Å². The number of carboxylic acid groups (broad SMARTS) is 1. The third-order valence-corrected chi connectivity index (χ3v) is 5.21. The molecule has 3 aromatic rings. The summed E-state index contributed by atoms with van der Waals surface area (Å²) >= 11 is 1.29. The van der Waals surface area contributed by atoms with Crippen LogP contribution >= 0.6 is 11.8 Å². The molecule has 0 saturated carbocycles. The standard InChI is InChI=1S/C22H15N3O3S/c1-28-20-17(11-23)19(15-7-3-2-4-8-15)18(12-24)21(25-20)29-13-14-6-5-9-16(10-14)22(26)27/h2-10H,13H2,1H3,(H,26,27). The number of benzene rings is 2. The summed E-state index contributed by atoms with van der Waals surface area (Å²) < 4.78 is 5.31. The number of thioether (sulfide) groups is 1. The minimum Gasteiger partial charge on any atom is -0.480 e. The second-order valence-electron chi connectivity index (χ2n) is 5.94. The third kappa shape index (κ3) is 4.21. The van der Waals surface area contributed by atoms with Crippen molar-refractivity contribution in [3.8, 4) is 29.1 Å². The number of hydrogen-bond acceptors (Lipinski definition) is 6. The van der Waals surface area contributed by atoms with E-state index in [1.165, 1.54) is 24.9 Å². The van der Waals surface area contributed by atoms with E-state index in [9.17, 15) is 15.3 Å². The van der Waals surface area contributed by atoms with Gasteiger partial charge in [-0.2, -0.15) is 10.5 Å². The summed E-state index contributed by atoms with van der Waals surface area (Å²) in [4.78, 5) is 15.5. The lowest BCUT2D eigenvalue weighted by molar-refractivity contribution is 0.0696. The number of carboxylic acids is 1. The maximum absolute atomic E-state index is 11.2. The van der Waals surface area contributed by atoms with Crippen molar-refractivity contribution in [3.05, 3.63) is 76.9 Å². The molecule has 0 fully saturated rings. The van der Waals surface area contributed by atoms with Crippen LogP contribution < -0.4 is 4.74 Å². The fraction of sp³-hybridized carbons (Fsp3) is 0.0909. The Morgan fingerprint density at radius 1 is 1.10 bits per heavy atom. The molecule has 0 radical (unpaired) electrons. The number of pyridine rings is 1. The molecule has 142 valence electrons. The fourth-order valence-electron chi connectivity index (χ4n) is 2.84. The number of aromatic carboxylic acids is 1. The Hall–Kier alpha value is -3.81. The summed E-state index contributed by atoms with van der Waals surface area (Å²) in [5.41, 5.74) is 2.66. The molecule has 0 atom stereocenters. The van der Waals surface area contributed by atoms with Gasteiger partial charge in [-0.05, 0) is 23.3 Å². The first kappa shape index (κ1) is 19.9. The van der Waals surface area contributed by atoms with Gasteiger partial charge in [-0.1, -0.05) is 42.5 Å². The number of methoxy groups -OCH3 is 1. The highest BCUT2D eigenvalue weighted by Gasteiger charge is 2.22. The largest absolute Gasteiger partial charge is 0.480 e. The fourth-order valence-corrected chi connectivity index (χ4v) is 3.76. The van der Waals surface area contributed by atoms with Gasteiger partial charge in [-0.25, -0.2) is 9.78 Å². The van der Waals surface area contributed by atoms with E-state index in [1.807, 2.05) is 36.4 Å². The first-order valence-electron chi connectivity index (χ1n) is 8.51. The number of nitriles is 2. The minimum absolute atomic E-state index is 0.145. The van der Waals surface area contributed by atoms with Crippen LogP contribution in [0.3, 0.4) is 0 Å².